The Balaban J connectivity index is 2.12. The molecule has 0 saturated heterocycles. The third-order valence-electron chi connectivity index (χ3n) is 2.64. The van der Waals surface area contributed by atoms with Crippen LogP contribution in [0, 0.1) is 0 Å². The van der Waals surface area contributed by atoms with Gasteiger partial charge in [-0.05, 0) is 25.0 Å². The molecule has 1 aliphatic rings. The second kappa shape index (κ2) is 4.49. The summed E-state index contributed by atoms with van der Waals surface area (Å²) in [5.41, 5.74) is 0.0592. The van der Waals surface area contributed by atoms with E-state index in [-0.39, 0.29) is 23.7 Å². The van der Waals surface area contributed by atoms with Crippen LogP contribution in [0.3, 0.4) is 0 Å². The number of pyridine rings is 1. The van der Waals surface area contributed by atoms with Gasteiger partial charge < -0.3 is 14.9 Å². The quantitative estimate of drug-likeness (QED) is 0.801. The Morgan fingerprint density at radius 3 is 2.94 bits per heavy atom. The molecule has 1 aromatic rings. The lowest BCUT2D eigenvalue weighted by atomic mass is 10.2. The van der Waals surface area contributed by atoms with Gasteiger partial charge in [0.25, 0.3) is 0 Å². The van der Waals surface area contributed by atoms with Crippen molar-refractivity contribution in [2.24, 2.45) is 0 Å². The summed E-state index contributed by atoms with van der Waals surface area (Å²) in [6.07, 6.45) is 2.98. The molecule has 2 unspecified atom stereocenters. The first-order valence-corrected chi connectivity index (χ1v) is 5.20. The van der Waals surface area contributed by atoms with Gasteiger partial charge in [0, 0.05) is 12.6 Å². The van der Waals surface area contributed by atoms with Gasteiger partial charge in [-0.25, -0.2) is 9.78 Å². The van der Waals surface area contributed by atoms with Gasteiger partial charge >= 0.3 is 5.97 Å². The van der Waals surface area contributed by atoms with E-state index in [4.69, 9.17) is 9.84 Å². The number of carboxylic acids is 1. The van der Waals surface area contributed by atoms with Gasteiger partial charge in [-0.1, -0.05) is 0 Å². The minimum Gasteiger partial charge on any atom is -0.477 e. The largest absolute Gasteiger partial charge is 0.477 e. The molecule has 5 nitrogen and oxygen atoms in total. The van der Waals surface area contributed by atoms with E-state index in [1.165, 1.54) is 12.3 Å². The van der Waals surface area contributed by atoms with Crippen molar-refractivity contribution in [3.05, 3.63) is 23.9 Å². The summed E-state index contributed by atoms with van der Waals surface area (Å²) in [7, 11) is 0. The Bertz CT molecular complexity index is 393. The highest BCUT2D eigenvalue weighted by Crippen LogP contribution is 2.25. The van der Waals surface area contributed by atoms with Crippen molar-refractivity contribution in [3.8, 4) is 5.88 Å². The third-order valence-corrected chi connectivity index (χ3v) is 2.64. The molecule has 0 aromatic carbocycles. The van der Waals surface area contributed by atoms with E-state index in [2.05, 4.69) is 4.98 Å². The lowest BCUT2D eigenvalue weighted by Crippen LogP contribution is -2.16. The van der Waals surface area contributed by atoms with Crippen molar-refractivity contribution < 1.29 is 19.7 Å². The lowest BCUT2D eigenvalue weighted by Gasteiger charge is -2.13. The van der Waals surface area contributed by atoms with Crippen LogP contribution in [0.2, 0.25) is 0 Å². The number of carbonyl (C=O) groups is 1. The number of nitrogens with zero attached hydrogens (tertiary/aromatic N) is 1. The van der Waals surface area contributed by atoms with Gasteiger partial charge in [-0.2, -0.15) is 0 Å². The zero-order chi connectivity index (χ0) is 11.5. The van der Waals surface area contributed by atoms with Crippen molar-refractivity contribution in [3.63, 3.8) is 0 Å². The number of ether oxygens (including phenoxy) is 1. The number of aliphatic hydroxyl groups excluding tert-OH is 1. The molecule has 0 amide bonds. The first kappa shape index (κ1) is 10.9. The maximum atomic E-state index is 10.9. The molecule has 2 atom stereocenters. The first-order valence-electron chi connectivity index (χ1n) is 5.20. The number of rotatable bonds is 3. The predicted molar refractivity (Wildman–Crippen MR) is 55.5 cm³/mol. The number of hydrogen-bond donors (Lipinski definition) is 2. The van der Waals surface area contributed by atoms with E-state index in [0.717, 1.165) is 6.42 Å². The molecular weight excluding hydrogens is 210 g/mol. The molecule has 0 aliphatic heterocycles. The van der Waals surface area contributed by atoms with E-state index in [0.29, 0.717) is 12.8 Å². The maximum Gasteiger partial charge on any atom is 0.341 e. The third kappa shape index (κ3) is 2.30. The van der Waals surface area contributed by atoms with Gasteiger partial charge in [0.05, 0.1) is 6.10 Å². The number of aliphatic hydroxyl groups is 1. The van der Waals surface area contributed by atoms with Crippen molar-refractivity contribution in [1.29, 1.82) is 0 Å². The molecule has 1 aromatic heterocycles. The van der Waals surface area contributed by atoms with Crippen LogP contribution in [0.5, 0.6) is 5.88 Å². The van der Waals surface area contributed by atoms with Crippen molar-refractivity contribution in [1.82, 2.24) is 4.98 Å². The van der Waals surface area contributed by atoms with Crippen LogP contribution >= 0.6 is 0 Å². The summed E-state index contributed by atoms with van der Waals surface area (Å²) >= 11 is 0. The Kier molecular flexibility index (Phi) is 3.05. The van der Waals surface area contributed by atoms with Gasteiger partial charge in [0.2, 0.25) is 5.88 Å². The fraction of sp³-hybridized carbons (Fsp3) is 0.455. The molecular formula is C11H13NO4. The Morgan fingerprint density at radius 2 is 2.31 bits per heavy atom. The van der Waals surface area contributed by atoms with Crippen LogP contribution in [0.4, 0.5) is 0 Å². The Morgan fingerprint density at radius 1 is 1.50 bits per heavy atom. The minimum atomic E-state index is -1.05. The highest BCUT2D eigenvalue weighted by Gasteiger charge is 2.26. The molecule has 86 valence electrons. The van der Waals surface area contributed by atoms with E-state index in [1.54, 1.807) is 6.07 Å². The summed E-state index contributed by atoms with van der Waals surface area (Å²) in [4.78, 5) is 14.8. The summed E-state index contributed by atoms with van der Waals surface area (Å²) in [5.74, 6) is -0.921. The fourth-order valence-electron chi connectivity index (χ4n) is 1.83. The molecule has 1 fully saturated rings. The summed E-state index contributed by atoms with van der Waals surface area (Å²) in [6.45, 7) is 0. The summed E-state index contributed by atoms with van der Waals surface area (Å²) in [5, 5.41) is 18.3. The van der Waals surface area contributed by atoms with Crippen LogP contribution in [-0.2, 0) is 0 Å². The molecule has 5 heteroatoms. The molecule has 1 saturated carbocycles. The van der Waals surface area contributed by atoms with Crippen LogP contribution in [0.25, 0.3) is 0 Å². The minimum absolute atomic E-state index is 0.0592. The fourth-order valence-corrected chi connectivity index (χ4v) is 1.83. The second-order valence-corrected chi connectivity index (χ2v) is 3.87. The average molecular weight is 223 g/mol. The van der Waals surface area contributed by atoms with E-state index in [1.807, 2.05) is 0 Å². The van der Waals surface area contributed by atoms with Crippen molar-refractivity contribution in [2.45, 2.75) is 31.5 Å². The Labute approximate surface area is 92.7 Å². The van der Waals surface area contributed by atoms with Crippen LogP contribution < -0.4 is 4.74 Å². The Hall–Kier alpha value is -1.62. The van der Waals surface area contributed by atoms with Crippen LogP contribution in [0.1, 0.15) is 29.6 Å². The number of aromatic carboxylic acids is 1. The number of carboxylic acid groups (broad SMARTS) is 1. The molecule has 0 radical (unpaired) electrons. The van der Waals surface area contributed by atoms with Crippen LogP contribution in [-0.4, -0.2) is 33.4 Å². The lowest BCUT2D eigenvalue weighted by molar-refractivity contribution is 0.0687. The molecule has 0 bridgehead atoms. The average Bonchev–Trinajstić information content (AvgIpc) is 2.64. The zero-order valence-corrected chi connectivity index (χ0v) is 8.67. The summed E-state index contributed by atoms with van der Waals surface area (Å²) in [6, 6.07) is 3.01. The zero-order valence-electron chi connectivity index (χ0n) is 8.67. The first-order chi connectivity index (χ1) is 7.66. The van der Waals surface area contributed by atoms with E-state index < -0.39 is 5.97 Å². The number of aromatic nitrogens is 1. The topological polar surface area (TPSA) is 79.7 Å². The van der Waals surface area contributed by atoms with Crippen molar-refractivity contribution in [2.75, 3.05) is 0 Å². The predicted octanol–water partition coefficient (Wildman–Crippen LogP) is 1.07. The van der Waals surface area contributed by atoms with E-state index in [9.17, 15) is 9.90 Å². The molecule has 1 aliphatic carbocycles. The summed E-state index contributed by atoms with van der Waals surface area (Å²) < 4.78 is 5.49. The van der Waals surface area contributed by atoms with Crippen molar-refractivity contribution >= 4 is 5.97 Å². The molecule has 2 rings (SSSR count). The van der Waals surface area contributed by atoms with Gasteiger partial charge in [-0.15, -0.1) is 0 Å². The van der Waals surface area contributed by atoms with Gasteiger partial charge in [-0.3, -0.25) is 0 Å². The SMILES string of the molecule is O=C(O)c1cccnc1OC1CCC(O)C1. The highest BCUT2D eigenvalue weighted by molar-refractivity contribution is 5.90. The van der Waals surface area contributed by atoms with E-state index >= 15 is 0 Å². The number of hydrogen-bond acceptors (Lipinski definition) is 4. The van der Waals surface area contributed by atoms with Crippen LogP contribution in [0.15, 0.2) is 18.3 Å². The molecule has 2 N–H and O–H groups in total. The maximum absolute atomic E-state index is 10.9. The second-order valence-electron chi connectivity index (χ2n) is 3.87. The normalized spacial score (nSPS) is 24.3. The molecule has 0 spiro atoms. The molecule has 1 heterocycles. The highest BCUT2D eigenvalue weighted by atomic mass is 16.5. The monoisotopic (exact) mass is 223 g/mol. The van der Waals surface area contributed by atoms with Gasteiger partial charge in [0.15, 0.2) is 0 Å². The molecule has 16 heavy (non-hydrogen) atoms. The van der Waals surface area contributed by atoms with Gasteiger partial charge in [0.1, 0.15) is 11.7 Å². The standard InChI is InChI=1S/C11H13NO4/c13-7-3-4-8(6-7)16-10-9(11(14)15)2-1-5-12-10/h1-2,5,7-8,13H,3-4,6H2,(H,14,15). The smallest absolute Gasteiger partial charge is 0.341 e.